The topological polar surface area (TPSA) is 42.5 Å². The molecule has 0 aliphatic carbocycles. The molecule has 0 bridgehead atoms. The summed E-state index contributed by atoms with van der Waals surface area (Å²) in [5.74, 6) is 1.02. The molecule has 2 aromatic carbocycles. The molecule has 2 rings (SSSR count). The molecule has 2 aromatic rings. The maximum atomic E-state index is 12.8. The molecule has 0 amide bonds. The van der Waals surface area contributed by atoms with Crippen LogP contribution in [0.15, 0.2) is 42.5 Å². The average Bonchev–Trinajstić information content (AvgIpc) is 2.54. The van der Waals surface area contributed by atoms with Gasteiger partial charge in [-0.2, -0.15) is 0 Å². The van der Waals surface area contributed by atoms with Crippen LogP contribution in [-0.2, 0) is 6.54 Å². The van der Waals surface area contributed by atoms with E-state index in [0.29, 0.717) is 23.2 Å². The predicted molar refractivity (Wildman–Crippen MR) is 89.0 cm³/mol. The standard InChI is InChI=1S/C16H17FN2O2S/c1-20-14-8-7-13(9-15(14)21-2)19-16(22)18-10-11-3-5-12(17)6-4-11/h3-9H,10H2,1-2H3,(H2,18,19,22). The second-order valence-corrected chi connectivity index (χ2v) is 4.91. The van der Waals surface area contributed by atoms with Crippen LogP contribution >= 0.6 is 12.2 Å². The van der Waals surface area contributed by atoms with Crippen molar-refractivity contribution in [2.45, 2.75) is 6.54 Å². The van der Waals surface area contributed by atoms with Gasteiger partial charge in [0, 0.05) is 18.3 Å². The van der Waals surface area contributed by atoms with Crippen LogP contribution in [0.5, 0.6) is 11.5 Å². The van der Waals surface area contributed by atoms with Gasteiger partial charge in [-0.15, -0.1) is 0 Å². The number of halogens is 1. The molecule has 0 saturated heterocycles. The first-order chi connectivity index (χ1) is 10.6. The maximum Gasteiger partial charge on any atom is 0.171 e. The first-order valence-corrected chi connectivity index (χ1v) is 7.04. The minimum atomic E-state index is -0.255. The Balaban J connectivity index is 1.93. The van der Waals surface area contributed by atoms with E-state index in [0.717, 1.165) is 11.3 Å². The normalized spacial score (nSPS) is 9.95. The van der Waals surface area contributed by atoms with Crippen molar-refractivity contribution in [1.82, 2.24) is 5.32 Å². The SMILES string of the molecule is COc1ccc(NC(=S)NCc2ccc(F)cc2)cc1OC. The summed E-state index contributed by atoms with van der Waals surface area (Å²) in [7, 11) is 3.16. The van der Waals surface area contributed by atoms with Crippen LogP contribution < -0.4 is 20.1 Å². The molecule has 0 heterocycles. The van der Waals surface area contributed by atoms with Crippen LogP contribution in [0, 0.1) is 5.82 Å². The van der Waals surface area contributed by atoms with E-state index in [9.17, 15) is 4.39 Å². The third-order valence-corrected chi connectivity index (χ3v) is 3.25. The minimum Gasteiger partial charge on any atom is -0.493 e. The van der Waals surface area contributed by atoms with Crippen molar-refractivity contribution in [3.63, 3.8) is 0 Å². The van der Waals surface area contributed by atoms with Gasteiger partial charge in [0.05, 0.1) is 14.2 Å². The number of rotatable bonds is 5. The fraction of sp³-hybridized carbons (Fsp3) is 0.188. The molecule has 0 unspecified atom stereocenters. The lowest BCUT2D eigenvalue weighted by Gasteiger charge is -2.13. The van der Waals surface area contributed by atoms with Gasteiger partial charge in [-0.25, -0.2) is 4.39 Å². The second-order valence-electron chi connectivity index (χ2n) is 4.50. The van der Waals surface area contributed by atoms with Gasteiger partial charge in [0.15, 0.2) is 16.6 Å². The number of ether oxygens (including phenoxy) is 2. The van der Waals surface area contributed by atoms with E-state index in [-0.39, 0.29) is 5.82 Å². The third kappa shape index (κ3) is 4.33. The second kappa shape index (κ2) is 7.61. The maximum absolute atomic E-state index is 12.8. The fourth-order valence-electron chi connectivity index (χ4n) is 1.87. The Hall–Kier alpha value is -2.34. The van der Waals surface area contributed by atoms with Gasteiger partial charge in [0.25, 0.3) is 0 Å². The van der Waals surface area contributed by atoms with Gasteiger partial charge in [0.1, 0.15) is 5.82 Å². The van der Waals surface area contributed by atoms with Crippen LogP contribution in [0.4, 0.5) is 10.1 Å². The zero-order chi connectivity index (χ0) is 15.9. The minimum absolute atomic E-state index is 0.255. The van der Waals surface area contributed by atoms with Crippen LogP contribution in [0.25, 0.3) is 0 Å². The summed E-state index contributed by atoms with van der Waals surface area (Å²) in [6, 6.07) is 11.7. The number of hydrogen-bond donors (Lipinski definition) is 2. The van der Waals surface area contributed by atoms with Crippen molar-refractivity contribution in [2.75, 3.05) is 19.5 Å². The molecule has 116 valence electrons. The van der Waals surface area contributed by atoms with E-state index in [4.69, 9.17) is 21.7 Å². The van der Waals surface area contributed by atoms with Gasteiger partial charge in [0.2, 0.25) is 0 Å². The Morgan fingerprint density at radius 2 is 1.73 bits per heavy atom. The van der Waals surface area contributed by atoms with E-state index in [1.54, 1.807) is 38.5 Å². The number of anilines is 1. The van der Waals surface area contributed by atoms with E-state index in [2.05, 4.69) is 10.6 Å². The average molecular weight is 320 g/mol. The largest absolute Gasteiger partial charge is 0.493 e. The highest BCUT2D eigenvalue weighted by Gasteiger charge is 2.05. The molecule has 2 N–H and O–H groups in total. The van der Waals surface area contributed by atoms with Crippen LogP contribution in [0.1, 0.15) is 5.56 Å². The zero-order valence-corrected chi connectivity index (χ0v) is 13.2. The number of thiocarbonyl (C=S) groups is 1. The van der Waals surface area contributed by atoms with Gasteiger partial charge in [-0.05, 0) is 42.0 Å². The molecule has 0 atom stereocenters. The van der Waals surface area contributed by atoms with Crippen molar-refractivity contribution in [2.24, 2.45) is 0 Å². The number of benzene rings is 2. The molecule has 0 fully saturated rings. The van der Waals surface area contributed by atoms with E-state index in [1.165, 1.54) is 12.1 Å². The molecule has 4 nitrogen and oxygen atoms in total. The Bertz CT molecular complexity index is 647. The molecule has 0 aliphatic rings. The number of methoxy groups -OCH3 is 2. The fourth-order valence-corrected chi connectivity index (χ4v) is 2.06. The van der Waals surface area contributed by atoms with E-state index >= 15 is 0 Å². The summed E-state index contributed by atoms with van der Waals surface area (Å²) in [6.07, 6.45) is 0. The van der Waals surface area contributed by atoms with Crippen LogP contribution in [-0.4, -0.2) is 19.3 Å². The molecule has 0 radical (unpaired) electrons. The van der Waals surface area contributed by atoms with Crippen molar-refractivity contribution in [3.8, 4) is 11.5 Å². The molecule has 0 aliphatic heterocycles. The molecule has 0 spiro atoms. The van der Waals surface area contributed by atoms with Gasteiger partial charge in [-0.1, -0.05) is 12.1 Å². The Morgan fingerprint density at radius 3 is 2.36 bits per heavy atom. The van der Waals surface area contributed by atoms with E-state index in [1.807, 2.05) is 6.07 Å². The summed E-state index contributed by atoms with van der Waals surface area (Å²) >= 11 is 5.23. The van der Waals surface area contributed by atoms with Crippen molar-refractivity contribution < 1.29 is 13.9 Å². The highest BCUT2D eigenvalue weighted by molar-refractivity contribution is 7.80. The highest BCUT2D eigenvalue weighted by Crippen LogP contribution is 2.29. The van der Waals surface area contributed by atoms with Crippen molar-refractivity contribution in [1.29, 1.82) is 0 Å². The molecule has 6 heteroatoms. The molecule has 0 saturated carbocycles. The third-order valence-electron chi connectivity index (χ3n) is 3.01. The summed E-state index contributed by atoms with van der Waals surface area (Å²) in [5, 5.41) is 6.59. The first-order valence-electron chi connectivity index (χ1n) is 6.63. The van der Waals surface area contributed by atoms with Gasteiger partial charge in [-0.3, -0.25) is 0 Å². The summed E-state index contributed by atoms with van der Waals surface area (Å²) in [5.41, 5.74) is 1.73. The molecular weight excluding hydrogens is 303 g/mol. The van der Waals surface area contributed by atoms with Crippen LogP contribution in [0.2, 0.25) is 0 Å². The Kier molecular flexibility index (Phi) is 5.55. The summed E-state index contributed by atoms with van der Waals surface area (Å²) < 4.78 is 23.2. The van der Waals surface area contributed by atoms with Gasteiger partial charge >= 0.3 is 0 Å². The zero-order valence-electron chi connectivity index (χ0n) is 12.4. The lowest BCUT2D eigenvalue weighted by Crippen LogP contribution is -2.27. The number of nitrogens with one attached hydrogen (secondary N) is 2. The van der Waals surface area contributed by atoms with E-state index < -0.39 is 0 Å². The van der Waals surface area contributed by atoms with Crippen molar-refractivity contribution in [3.05, 3.63) is 53.8 Å². The summed E-state index contributed by atoms with van der Waals surface area (Å²) in [4.78, 5) is 0. The molecule has 0 aromatic heterocycles. The Labute approximate surface area is 134 Å². The summed E-state index contributed by atoms with van der Waals surface area (Å²) in [6.45, 7) is 0.513. The quantitative estimate of drug-likeness (QED) is 0.827. The lowest BCUT2D eigenvalue weighted by atomic mass is 10.2. The first kappa shape index (κ1) is 16.0. The smallest absolute Gasteiger partial charge is 0.171 e. The monoisotopic (exact) mass is 320 g/mol. The lowest BCUT2D eigenvalue weighted by molar-refractivity contribution is 0.355. The Morgan fingerprint density at radius 1 is 1.05 bits per heavy atom. The van der Waals surface area contributed by atoms with Crippen molar-refractivity contribution >= 4 is 23.0 Å². The molecule has 22 heavy (non-hydrogen) atoms. The van der Waals surface area contributed by atoms with Gasteiger partial charge < -0.3 is 20.1 Å². The number of hydrogen-bond acceptors (Lipinski definition) is 3. The van der Waals surface area contributed by atoms with Crippen LogP contribution in [0.3, 0.4) is 0 Å². The highest BCUT2D eigenvalue weighted by atomic mass is 32.1. The molecular formula is C16H17FN2O2S. The predicted octanol–water partition coefficient (Wildman–Crippen LogP) is 3.33.